The van der Waals surface area contributed by atoms with E-state index < -0.39 is 0 Å². The van der Waals surface area contributed by atoms with Gasteiger partial charge >= 0.3 is 0 Å². The summed E-state index contributed by atoms with van der Waals surface area (Å²) in [7, 11) is 3.50. The molecule has 4 heteroatoms. The maximum Gasteiger partial charge on any atom is 0.223 e. The fourth-order valence-electron chi connectivity index (χ4n) is 1.85. The molecule has 0 fully saturated rings. The molecule has 0 saturated carbocycles. The van der Waals surface area contributed by atoms with Crippen LogP contribution in [-0.2, 0) is 9.59 Å². The summed E-state index contributed by atoms with van der Waals surface area (Å²) in [6.45, 7) is 6.94. The maximum atomic E-state index is 11.4. The van der Waals surface area contributed by atoms with Crippen LogP contribution in [0.4, 0.5) is 11.4 Å². The second-order valence-electron chi connectivity index (χ2n) is 4.58. The Labute approximate surface area is 108 Å². The second kappa shape index (κ2) is 5.21. The highest BCUT2D eigenvalue weighted by molar-refractivity contribution is 5.95. The standard InChI is InChI=1S/C14H20N2O2/c1-9-7-14(16(6)12(4)18)10(2)8-13(9)15(5)11(3)17/h7-8H,1-6H3. The lowest BCUT2D eigenvalue weighted by Crippen LogP contribution is -2.26. The third kappa shape index (κ3) is 2.70. The van der Waals surface area contributed by atoms with Gasteiger partial charge in [0, 0.05) is 39.3 Å². The van der Waals surface area contributed by atoms with Crippen molar-refractivity contribution < 1.29 is 9.59 Å². The summed E-state index contributed by atoms with van der Waals surface area (Å²) in [6.07, 6.45) is 0. The average molecular weight is 248 g/mol. The molecule has 98 valence electrons. The normalized spacial score (nSPS) is 10.1. The van der Waals surface area contributed by atoms with E-state index in [1.807, 2.05) is 26.0 Å². The summed E-state index contributed by atoms with van der Waals surface area (Å²) in [6, 6.07) is 3.87. The first-order valence-corrected chi connectivity index (χ1v) is 5.85. The van der Waals surface area contributed by atoms with E-state index in [0.717, 1.165) is 22.5 Å². The maximum absolute atomic E-state index is 11.4. The van der Waals surface area contributed by atoms with Crippen molar-refractivity contribution >= 4 is 23.2 Å². The highest BCUT2D eigenvalue weighted by Crippen LogP contribution is 2.28. The van der Waals surface area contributed by atoms with Gasteiger partial charge in [-0.15, -0.1) is 0 Å². The molecule has 0 spiro atoms. The first-order valence-electron chi connectivity index (χ1n) is 5.85. The van der Waals surface area contributed by atoms with Gasteiger partial charge in [-0.25, -0.2) is 0 Å². The second-order valence-corrected chi connectivity index (χ2v) is 4.58. The van der Waals surface area contributed by atoms with Crippen molar-refractivity contribution in [3.8, 4) is 0 Å². The zero-order chi connectivity index (χ0) is 14.0. The van der Waals surface area contributed by atoms with Crippen LogP contribution in [-0.4, -0.2) is 25.9 Å². The van der Waals surface area contributed by atoms with Crippen LogP contribution in [0.5, 0.6) is 0 Å². The molecule has 1 rings (SSSR count). The van der Waals surface area contributed by atoms with E-state index in [1.165, 1.54) is 13.8 Å². The van der Waals surface area contributed by atoms with Crippen LogP contribution in [0.15, 0.2) is 12.1 Å². The molecule has 0 bridgehead atoms. The van der Waals surface area contributed by atoms with Gasteiger partial charge in [0.1, 0.15) is 0 Å². The molecular formula is C14H20N2O2. The number of benzene rings is 1. The third-order valence-corrected chi connectivity index (χ3v) is 3.18. The molecule has 0 aliphatic carbocycles. The molecule has 1 aromatic carbocycles. The molecule has 2 amide bonds. The minimum absolute atomic E-state index is 0.00910. The van der Waals surface area contributed by atoms with Gasteiger partial charge in [-0.1, -0.05) is 0 Å². The van der Waals surface area contributed by atoms with Crippen LogP contribution in [0.2, 0.25) is 0 Å². The molecular weight excluding hydrogens is 228 g/mol. The van der Waals surface area contributed by atoms with Gasteiger partial charge in [0.15, 0.2) is 0 Å². The van der Waals surface area contributed by atoms with E-state index in [1.54, 1.807) is 23.9 Å². The van der Waals surface area contributed by atoms with Gasteiger partial charge in [0.25, 0.3) is 0 Å². The van der Waals surface area contributed by atoms with Gasteiger partial charge in [-0.2, -0.15) is 0 Å². The average Bonchev–Trinajstić information content (AvgIpc) is 2.29. The summed E-state index contributed by atoms with van der Waals surface area (Å²) < 4.78 is 0. The molecule has 0 unspecified atom stereocenters. The predicted molar refractivity (Wildman–Crippen MR) is 74.1 cm³/mol. The molecule has 0 radical (unpaired) electrons. The SMILES string of the molecule is CC(=O)N(C)c1cc(C)c(N(C)C(C)=O)cc1C. The predicted octanol–water partition coefficient (Wildman–Crippen LogP) is 2.27. The van der Waals surface area contributed by atoms with Crippen LogP contribution in [0.25, 0.3) is 0 Å². The van der Waals surface area contributed by atoms with Gasteiger partial charge in [-0.3, -0.25) is 9.59 Å². The monoisotopic (exact) mass is 248 g/mol. The molecule has 18 heavy (non-hydrogen) atoms. The van der Waals surface area contributed by atoms with Crippen LogP contribution >= 0.6 is 0 Å². The molecule has 0 heterocycles. The van der Waals surface area contributed by atoms with E-state index in [-0.39, 0.29) is 11.8 Å². The molecule has 0 N–H and O–H groups in total. The fraction of sp³-hybridized carbons (Fsp3) is 0.429. The quantitative estimate of drug-likeness (QED) is 0.805. The molecule has 0 aromatic heterocycles. The summed E-state index contributed by atoms with van der Waals surface area (Å²) in [5, 5.41) is 0. The summed E-state index contributed by atoms with van der Waals surface area (Å²) in [5.74, 6) is -0.0182. The van der Waals surface area contributed by atoms with Crippen LogP contribution in [0.1, 0.15) is 25.0 Å². The first-order chi connectivity index (χ1) is 8.25. The molecule has 4 nitrogen and oxygen atoms in total. The summed E-state index contributed by atoms with van der Waals surface area (Å²) in [4.78, 5) is 26.0. The van der Waals surface area contributed by atoms with Crippen molar-refractivity contribution in [3.05, 3.63) is 23.3 Å². The number of aryl methyl sites for hydroxylation is 2. The number of anilines is 2. The minimum Gasteiger partial charge on any atom is -0.315 e. The van der Waals surface area contributed by atoms with E-state index in [4.69, 9.17) is 0 Å². The largest absolute Gasteiger partial charge is 0.315 e. The molecule has 1 aromatic rings. The Morgan fingerprint density at radius 2 is 1.11 bits per heavy atom. The summed E-state index contributed by atoms with van der Waals surface area (Å²) in [5.41, 5.74) is 3.70. The van der Waals surface area contributed by atoms with Gasteiger partial charge in [0.05, 0.1) is 0 Å². The lowest BCUT2D eigenvalue weighted by molar-refractivity contribution is -0.117. The number of hydrogen-bond acceptors (Lipinski definition) is 2. The highest BCUT2D eigenvalue weighted by Gasteiger charge is 2.14. The van der Waals surface area contributed by atoms with Gasteiger partial charge in [0.2, 0.25) is 11.8 Å². The third-order valence-electron chi connectivity index (χ3n) is 3.18. The van der Waals surface area contributed by atoms with E-state index in [0.29, 0.717) is 0 Å². The summed E-state index contributed by atoms with van der Waals surface area (Å²) >= 11 is 0. The Morgan fingerprint density at radius 1 is 0.833 bits per heavy atom. The van der Waals surface area contributed by atoms with Crippen LogP contribution < -0.4 is 9.80 Å². The van der Waals surface area contributed by atoms with Gasteiger partial charge < -0.3 is 9.80 Å². The van der Waals surface area contributed by atoms with Crippen molar-refractivity contribution in [2.75, 3.05) is 23.9 Å². The van der Waals surface area contributed by atoms with Crippen LogP contribution in [0.3, 0.4) is 0 Å². The Bertz CT molecular complexity index is 449. The van der Waals surface area contributed by atoms with E-state index in [2.05, 4.69) is 0 Å². The number of hydrogen-bond donors (Lipinski definition) is 0. The van der Waals surface area contributed by atoms with Crippen LogP contribution in [0, 0.1) is 13.8 Å². The first kappa shape index (κ1) is 14.2. The smallest absolute Gasteiger partial charge is 0.223 e. The molecule has 0 aliphatic rings. The lowest BCUT2D eigenvalue weighted by Gasteiger charge is -2.23. The number of amides is 2. The topological polar surface area (TPSA) is 40.6 Å². The van der Waals surface area contributed by atoms with E-state index in [9.17, 15) is 9.59 Å². The Hall–Kier alpha value is -1.84. The van der Waals surface area contributed by atoms with Crippen molar-refractivity contribution in [2.45, 2.75) is 27.7 Å². The lowest BCUT2D eigenvalue weighted by atomic mass is 10.1. The Kier molecular flexibility index (Phi) is 4.11. The zero-order valence-electron chi connectivity index (χ0n) is 11.9. The molecule has 0 saturated heterocycles. The minimum atomic E-state index is -0.00910. The highest BCUT2D eigenvalue weighted by atomic mass is 16.2. The number of nitrogens with zero attached hydrogens (tertiary/aromatic N) is 2. The molecule has 0 atom stereocenters. The van der Waals surface area contributed by atoms with E-state index >= 15 is 0 Å². The van der Waals surface area contributed by atoms with Gasteiger partial charge in [-0.05, 0) is 37.1 Å². The van der Waals surface area contributed by atoms with Crippen molar-refractivity contribution in [1.29, 1.82) is 0 Å². The van der Waals surface area contributed by atoms with Crippen molar-refractivity contribution in [2.24, 2.45) is 0 Å². The van der Waals surface area contributed by atoms with Crippen molar-refractivity contribution in [3.63, 3.8) is 0 Å². The Balaban J connectivity index is 3.28. The van der Waals surface area contributed by atoms with Crippen molar-refractivity contribution in [1.82, 2.24) is 0 Å². The molecule has 0 aliphatic heterocycles. The Morgan fingerprint density at radius 3 is 1.33 bits per heavy atom. The number of carbonyl (C=O) groups is 2. The number of rotatable bonds is 2. The number of carbonyl (C=O) groups excluding carboxylic acids is 2. The fourth-order valence-corrected chi connectivity index (χ4v) is 1.85. The zero-order valence-corrected chi connectivity index (χ0v) is 11.9.